The first kappa shape index (κ1) is 16.3. The van der Waals surface area contributed by atoms with E-state index in [0.29, 0.717) is 22.2 Å². The van der Waals surface area contributed by atoms with Gasteiger partial charge in [-0.1, -0.05) is 37.6 Å². The molecule has 0 radical (unpaired) electrons. The van der Waals surface area contributed by atoms with Crippen molar-refractivity contribution in [2.24, 2.45) is 5.92 Å². The van der Waals surface area contributed by atoms with E-state index in [2.05, 4.69) is 29.5 Å². The van der Waals surface area contributed by atoms with E-state index in [1.807, 2.05) is 12.1 Å². The quantitative estimate of drug-likeness (QED) is 0.827. The minimum absolute atomic E-state index is 0.229. The maximum Gasteiger partial charge on any atom is 0.257 e. The zero-order valence-corrected chi connectivity index (χ0v) is 13.5. The van der Waals surface area contributed by atoms with Gasteiger partial charge < -0.3 is 10.6 Å². The van der Waals surface area contributed by atoms with Crippen LogP contribution in [0.15, 0.2) is 42.7 Å². The molecule has 0 spiro atoms. The summed E-state index contributed by atoms with van der Waals surface area (Å²) in [5.74, 6) is 0.403. The Morgan fingerprint density at radius 1 is 1.27 bits per heavy atom. The summed E-state index contributed by atoms with van der Waals surface area (Å²) in [5.41, 5.74) is 1.93. The molecule has 0 saturated heterocycles. The summed E-state index contributed by atoms with van der Waals surface area (Å²) in [6.07, 6.45) is 4.32. The van der Waals surface area contributed by atoms with Gasteiger partial charge in [0.05, 0.1) is 22.0 Å². The molecular weight excluding hydrogens is 298 g/mol. The van der Waals surface area contributed by atoms with E-state index in [1.54, 1.807) is 30.6 Å². The minimum atomic E-state index is -0.229. The maximum absolute atomic E-state index is 12.3. The largest absolute Gasteiger partial charge is 0.384 e. The van der Waals surface area contributed by atoms with Gasteiger partial charge in [-0.15, -0.1) is 0 Å². The van der Waals surface area contributed by atoms with Gasteiger partial charge in [0.1, 0.15) is 0 Å². The summed E-state index contributed by atoms with van der Waals surface area (Å²) < 4.78 is 0. The third kappa shape index (κ3) is 4.74. The van der Waals surface area contributed by atoms with Crippen molar-refractivity contribution < 1.29 is 4.79 Å². The van der Waals surface area contributed by atoms with Crippen LogP contribution in [0.4, 0.5) is 11.4 Å². The molecule has 0 aliphatic rings. The van der Waals surface area contributed by atoms with Gasteiger partial charge in [0, 0.05) is 18.9 Å². The fraction of sp³-hybridized carbons (Fsp3) is 0.294. The number of rotatable bonds is 6. The molecule has 1 amide bonds. The molecule has 0 fully saturated rings. The molecule has 0 atom stereocenters. The van der Waals surface area contributed by atoms with Crippen molar-refractivity contribution in [2.45, 2.75) is 20.3 Å². The van der Waals surface area contributed by atoms with Crippen LogP contribution in [0, 0.1) is 5.92 Å². The minimum Gasteiger partial charge on any atom is -0.384 e. The lowest BCUT2D eigenvalue weighted by Gasteiger charge is -2.10. The van der Waals surface area contributed by atoms with Crippen LogP contribution in [0.5, 0.6) is 0 Å². The number of benzene rings is 1. The third-order valence-corrected chi connectivity index (χ3v) is 3.50. The molecule has 0 bridgehead atoms. The number of halogens is 1. The Hall–Kier alpha value is -2.07. The summed E-state index contributed by atoms with van der Waals surface area (Å²) in [6.45, 7) is 5.20. The summed E-state index contributed by atoms with van der Waals surface area (Å²) in [4.78, 5) is 16.4. The molecule has 1 aromatic carbocycles. The van der Waals surface area contributed by atoms with Crippen molar-refractivity contribution in [2.75, 3.05) is 17.2 Å². The van der Waals surface area contributed by atoms with Crippen LogP contribution in [0.1, 0.15) is 30.6 Å². The van der Waals surface area contributed by atoms with Crippen LogP contribution in [0.3, 0.4) is 0 Å². The third-order valence-electron chi connectivity index (χ3n) is 3.17. The number of pyridine rings is 1. The topological polar surface area (TPSA) is 54.0 Å². The Labute approximate surface area is 135 Å². The molecule has 0 saturated carbocycles. The second-order valence-corrected chi connectivity index (χ2v) is 5.91. The zero-order valence-electron chi connectivity index (χ0n) is 12.8. The fourth-order valence-electron chi connectivity index (χ4n) is 1.92. The number of hydrogen-bond donors (Lipinski definition) is 2. The molecule has 0 aliphatic carbocycles. The van der Waals surface area contributed by atoms with Crippen LogP contribution < -0.4 is 10.6 Å². The predicted molar refractivity (Wildman–Crippen MR) is 91.6 cm³/mol. The average Bonchev–Trinajstić information content (AvgIpc) is 2.49. The number of nitrogens with zero attached hydrogens (tertiary/aromatic N) is 1. The lowest BCUT2D eigenvalue weighted by molar-refractivity contribution is 0.102. The molecule has 2 aromatic rings. The molecule has 2 rings (SSSR count). The van der Waals surface area contributed by atoms with Crippen molar-refractivity contribution in [1.29, 1.82) is 0 Å². The van der Waals surface area contributed by atoms with Gasteiger partial charge in [0.2, 0.25) is 0 Å². The van der Waals surface area contributed by atoms with Crippen molar-refractivity contribution in [3.05, 3.63) is 53.3 Å². The standard InChI is InChI=1S/C17H20ClN3O/c1-12(2)7-8-20-14-9-13(10-19-11-14)17(22)21-16-6-4-3-5-15(16)18/h3-6,9-12,20H,7-8H2,1-2H3,(H,21,22). The Balaban J connectivity index is 2.02. The molecule has 4 nitrogen and oxygen atoms in total. The molecule has 2 N–H and O–H groups in total. The molecule has 0 aliphatic heterocycles. The lowest BCUT2D eigenvalue weighted by Crippen LogP contribution is -2.13. The number of carbonyl (C=O) groups excluding carboxylic acids is 1. The van der Waals surface area contributed by atoms with E-state index < -0.39 is 0 Å². The van der Waals surface area contributed by atoms with Crippen molar-refractivity contribution >= 4 is 28.9 Å². The second kappa shape index (κ2) is 7.80. The zero-order chi connectivity index (χ0) is 15.9. The van der Waals surface area contributed by atoms with Crippen LogP contribution >= 0.6 is 11.6 Å². The van der Waals surface area contributed by atoms with Gasteiger partial charge in [0.25, 0.3) is 5.91 Å². The van der Waals surface area contributed by atoms with Crippen LogP contribution in [0.25, 0.3) is 0 Å². The first-order valence-electron chi connectivity index (χ1n) is 7.31. The number of hydrogen-bond acceptors (Lipinski definition) is 3. The van der Waals surface area contributed by atoms with Crippen molar-refractivity contribution in [3.63, 3.8) is 0 Å². The SMILES string of the molecule is CC(C)CCNc1cncc(C(=O)Nc2ccccc2Cl)c1. The normalized spacial score (nSPS) is 10.5. The molecule has 0 unspecified atom stereocenters. The highest BCUT2D eigenvalue weighted by Crippen LogP contribution is 2.21. The van der Waals surface area contributed by atoms with Gasteiger partial charge in [-0.05, 0) is 30.5 Å². The van der Waals surface area contributed by atoms with E-state index in [0.717, 1.165) is 18.7 Å². The lowest BCUT2D eigenvalue weighted by atomic mass is 10.1. The maximum atomic E-state index is 12.3. The number of anilines is 2. The van der Waals surface area contributed by atoms with Crippen LogP contribution in [-0.4, -0.2) is 17.4 Å². The Morgan fingerprint density at radius 2 is 2.05 bits per heavy atom. The van der Waals surface area contributed by atoms with E-state index in [9.17, 15) is 4.79 Å². The van der Waals surface area contributed by atoms with Crippen molar-refractivity contribution in [1.82, 2.24) is 4.98 Å². The molecule has 1 heterocycles. The Morgan fingerprint density at radius 3 is 2.77 bits per heavy atom. The van der Waals surface area contributed by atoms with Crippen LogP contribution in [0.2, 0.25) is 5.02 Å². The summed E-state index contributed by atoms with van der Waals surface area (Å²) >= 11 is 6.04. The highest BCUT2D eigenvalue weighted by molar-refractivity contribution is 6.33. The summed E-state index contributed by atoms with van der Waals surface area (Å²) in [5, 5.41) is 6.58. The first-order chi connectivity index (χ1) is 10.6. The summed E-state index contributed by atoms with van der Waals surface area (Å²) in [7, 11) is 0. The highest BCUT2D eigenvalue weighted by Gasteiger charge is 2.09. The van der Waals surface area contributed by atoms with Gasteiger partial charge in [-0.25, -0.2) is 0 Å². The molecule has 1 aromatic heterocycles. The average molecular weight is 318 g/mol. The number of carbonyl (C=O) groups is 1. The van der Waals surface area contributed by atoms with E-state index in [-0.39, 0.29) is 5.91 Å². The fourth-order valence-corrected chi connectivity index (χ4v) is 2.11. The predicted octanol–water partition coefficient (Wildman–Crippen LogP) is 4.45. The van der Waals surface area contributed by atoms with Crippen LogP contribution in [-0.2, 0) is 0 Å². The smallest absolute Gasteiger partial charge is 0.257 e. The van der Waals surface area contributed by atoms with E-state index >= 15 is 0 Å². The van der Waals surface area contributed by atoms with E-state index in [1.165, 1.54) is 0 Å². The van der Waals surface area contributed by atoms with Gasteiger partial charge >= 0.3 is 0 Å². The highest BCUT2D eigenvalue weighted by atomic mass is 35.5. The van der Waals surface area contributed by atoms with Crippen molar-refractivity contribution in [3.8, 4) is 0 Å². The molecule has 5 heteroatoms. The number of amides is 1. The molecule has 22 heavy (non-hydrogen) atoms. The number of aromatic nitrogens is 1. The molecular formula is C17H20ClN3O. The number of para-hydroxylation sites is 1. The van der Waals surface area contributed by atoms with Gasteiger partial charge in [-0.3, -0.25) is 9.78 Å². The number of nitrogens with one attached hydrogen (secondary N) is 2. The first-order valence-corrected chi connectivity index (χ1v) is 7.69. The Bertz CT molecular complexity index is 643. The summed E-state index contributed by atoms with van der Waals surface area (Å²) in [6, 6.07) is 8.93. The Kier molecular flexibility index (Phi) is 5.78. The monoisotopic (exact) mass is 317 g/mol. The van der Waals surface area contributed by atoms with Gasteiger partial charge in [0.15, 0.2) is 0 Å². The molecule has 116 valence electrons. The van der Waals surface area contributed by atoms with Gasteiger partial charge in [-0.2, -0.15) is 0 Å². The van der Waals surface area contributed by atoms with E-state index in [4.69, 9.17) is 11.6 Å². The second-order valence-electron chi connectivity index (χ2n) is 5.51.